The van der Waals surface area contributed by atoms with Gasteiger partial charge >= 0.3 is 0 Å². The van der Waals surface area contributed by atoms with Crippen LogP contribution >= 0.6 is 11.6 Å². The summed E-state index contributed by atoms with van der Waals surface area (Å²) in [6.07, 6.45) is 2.59. The third kappa shape index (κ3) is 1.64. The van der Waals surface area contributed by atoms with E-state index in [2.05, 4.69) is 0 Å². The van der Waals surface area contributed by atoms with E-state index >= 15 is 0 Å². The number of aryl methyl sites for hydroxylation is 1. The fraction of sp³-hybridized carbons (Fsp3) is 0.500. The van der Waals surface area contributed by atoms with Gasteiger partial charge in [-0.2, -0.15) is 0 Å². The lowest BCUT2D eigenvalue weighted by molar-refractivity contribution is 0.400. The van der Waals surface area contributed by atoms with Crippen LogP contribution in [0.3, 0.4) is 0 Å². The van der Waals surface area contributed by atoms with Gasteiger partial charge in [-0.25, -0.2) is 0 Å². The summed E-state index contributed by atoms with van der Waals surface area (Å²) in [7, 11) is 1.55. The number of ether oxygens (including phenoxy) is 1. The van der Waals surface area contributed by atoms with Crippen molar-refractivity contribution in [2.45, 2.75) is 31.7 Å². The molecule has 4 heteroatoms. The maximum atomic E-state index is 10.0. The number of halogens is 1. The van der Waals surface area contributed by atoms with E-state index in [0.29, 0.717) is 5.75 Å². The first-order valence-electron chi connectivity index (χ1n) is 5.41. The van der Waals surface area contributed by atoms with E-state index in [-0.39, 0.29) is 16.3 Å². The maximum Gasteiger partial charge on any atom is 0.144 e. The number of hydrogen-bond donors (Lipinski definition) is 2. The molecule has 0 radical (unpaired) electrons. The van der Waals surface area contributed by atoms with Crippen LogP contribution in [-0.4, -0.2) is 12.2 Å². The van der Waals surface area contributed by atoms with Crippen LogP contribution in [0.5, 0.6) is 11.5 Å². The van der Waals surface area contributed by atoms with Gasteiger partial charge in [0.05, 0.1) is 7.11 Å². The average Bonchev–Trinajstić information content (AvgIpc) is 3.01. The van der Waals surface area contributed by atoms with Gasteiger partial charge in [-0.1, -0.05) is 18.5 Å². The molecule has 1 fully saturated rings. The second kappa shape index (κ2) is 3.82. The summed E-state index contributed by atoms with van der Waals surface area (Å²) in [6, 6.07) is 1.91. The Morgan fingerprint density at radius 2 is 2.19 bits per heavy atom. The molecule has 0 spiro atoms. The molecule has 1 aromatic rings. The van der Waals surface area contributed by atoms with Gasteiger partial charge in [0.2, 0.25) is 0 Å². The first-order valence-corrected chi connectivity index (χ1v) is 5.79. The number of nitrogens with two attached hydrogens (primary N) is 1. The van der Waals surface area contributed by atoms with Crippen molar-refractivity contribution in [3.8, 4) is 11.5 Å². The molecule has 2 rings (SSSR count). The second-order valence-corrected chi connectivity index (χ2v) is 4.67. The summed E-state index contributed by atoms with van der Waals surface area (Å²) in [6.45, 7) is 2.02. The summed E-state index contributed by atoms with van der Waals surface area (Å²) in [5.41, 5.74) is 7.44. The Balaban J connectivity index is 2.60. The van der Waals surface area contributed by atoms with Crippen molar-refractivity contribution >= 4 is 11.6 Å². The summed E-state index contributed by atoms with van der Waals surface area (Å²) < 4.78 is 5.20. The van der Waals surface area contributed by atoms with Crippen molar-refractivity contribution in [1.29, 1.82) is 0 Å². The molecule has 0 heterocycles. The molecule has 0 aromatic heterocycles. The van der Waals surface area contributed by atoms with Crippen LogP contribution in [0.25, 0.3) is 0 Å². The number of methoxy groups -OCH3 is 1. The van der Waals surface area contributed by atoms with Gasteiger partial charge < -0.3 is 15.6 Å². The number of hydrogen-bond acceptors (Lipinski definition) is 3. The lowest BCUT2D eigenvalue weighted by atomic mass is 9.99. The van der Waals surface area contributed by atoms with E-state index in [0.717, 1.165) is 30.4 Å². The van der Waals surface area contributed by atoms with Crippen LogP contribution in [0, 0.1) is 0 Å². The van der Waals surface area contributed by atoms with Crippen LogP contribution < -0.4 is 10.5 Å². The lowest BCUT2D eigenvalue weighted by Crippen LogP contribution is -2.19. The Morgan fingerprint density at radius 1 is 1.56 bits per heavy atom. The molecule has 1 aliphatic rings. The zero-order valence-electron chi connectivity index (χ0n) is 9.51. The van der Waals surface area contributed by atoms with Crippen LogP contribution in [0.1, 0.15) is 30.9 Å². The van der Waals surface area contributed by atoms with Crippen molar-refractivity contribution in [3.63, 3.8) is 0 Å². The number of phenols is 1. The lowest BCUT2D eigenvalue weighted by Gasteiger charge is -2.17. The SMILES string of the molecule is CCc1cc(C2(N)CC2)c(O)c(Cl)c1OC. The molecular weight excluding hydrogens is 226 g/mol. The molecule has 1 saturated carbocycles. The Morgan fingerprint density at radius 3 is 2.62 bits per heavy atom. The molecule has 1 aliphatic carbocycles. The van der Waals surface area contributed by atoms with E-state index in [1.54, 1.807) is 7.11 Å². The Bertz CT molecular complexity index is 428. The van der Waals surface area contributed by atoms with Gasteiger partial charge in [0.25, 0.3) is 0 Å². The van der Waals surface area contributed by atoms with Crippen LogP contribution in [0.2, 0.25) is 5.02 Å². The van der Waals surface area contributed by atoms with Crippen molar-refractivity contribution in [2.75, 3.05) is 7.11 Å². The van der Waals surface area contributed by atoms with Crippen LogP contribution in [0.4, 0.5) is 0 Å². The second-order valence-electron chi connectivity index (χ2n) is 4.29. The highest BCUT2D eigenvalue weighted by atomic mass is 35.5. The van der Waals surface area contributed by atoms with E-state index in [1.165, 1.54) is 0 Å². The monoisotopic (exact) mass is 241 g/mol. The smallest absolute Gasteiger partial charge is 0.144 e. The average molecular weight is 242 g/mol. The summed E-state index contributed by atoms with van der Waals surface area (Å²) in [5.74, 6) is 0.616. The van der Waals surface area contributed by atoms with Gasteiger partial charge in [0.1, 0.15) is 16.5 Å². The largest absolute Gasteiger partial charge is 0.506 e. The quantitative estimate of drug-likeness (QED) is 0.855. The Hall–Kier alpha value is -0.930. The predicted octanol–water partition coefficient (Wildman–Crippen LogP) is 2.56. The molecule has 0 atom stereocenters. The third-order valence-electron chi connectivity index (χ3n) is 3.18. The zero-order chi connectivity index (χ0) is 11.9. The van der Waals surface area contributed by atoms with Crippen molar-refractivity contribution in [1.82, 2.24) is 0 Å². The number of rotatable bonds is 3. The molecule has 16 heavy (non-hydrogen) atoms. The van der Waals surface area contributed by atoms with E-state index in [4.69, 9.17) is 22.1 Å². The van der Waals surface area contributed by atoms with Gasteiger partial charge in [0, 0.05) is 11.1 Å². The molecular formula is C12H16ClNO2. The summed E-state index contributed by atoms with van der Waals surface area (Å²) in [5, 5.41) is 10.3. The molecule has 1 aromatic carbocycles. The highest BCUT2D eigenvalue weighted by Gasteiger charge is 2.43. The summed E-state index contributed by atoms with van der Waals surface area (Å²) >= 11 is 6.09. The predicted molar refractivity (Wildman–Crippen MR) is 64.1 cm³/mol. The third-order valence-corrected chi connectivity index (χ3v) is 3.53. The van der Waals surface area contributed by atoms with Crippen LogP contribution in [-0.2, 0) is 12.0 Å². The molecule has 88 valence electrons. The minimum Gasteiger partial charge on any atom is -0.506 e. The van der Waals surface area contributed by atoms with Gasteiger partial charge in [0.15, 0.2) is 0 Å². The Labute approximate surface area is 100 Å². The molecule has 3 nitrogen and oxygen atoms in total. The van der Waals surface area contributed by atoms with Gasteiger partial charge in [-0.3, -0.25) is 0 Å². The van der Waals surface area contributed by atoms with Gasteiger partial charge in [-0.15, -0.1) is 0 Å². The number of benzene rings is 1. The number of phenolic OH excluding ortho intramolecular Hbond substituents is 1. The highest BCUT2D eigenvalue weighted by molar-refractivity contribution is 6.33. The molecule has 0 aliphatic heterocycles. The molecule has 0 bridgehead atoms. The van der Waals surface area contributed by atoms with Gasteiger partial charge in [-0.05, 0) is 30.9 Å². The molecule has 3 N–H and O–H groups in total. The minimum absolute atomic E-state index is 0.0655. The summed E-state index contributed by atoms with van der Waals surface area (Å²) in [4.78, 5) is 0. The van der Waals surface area contributed by atoms with Crippen molar-refractivity contribution in [3.05, 3.63) is 22.2 Å². The molecule has 0 amide bonds. The fourth-order valence-electron chi connectivity index (χ4n) is 1.94. The minimum atomic E-state index is -0.385. The fourth-order valence-corrected chi connectivity index (χ4v) is 2.24. The van der Waals surface area contributed by atoms with E-state index < -0.39 is 0 Å². The molecule has 0 unspecified atom stereocenters. The first kappa shape index (κ1) is 11.6. The van der Waals surface area contributed by atoms with Crippen LogP contribution in [0.15, 0.2) is 6.07 Å². The Kier molecular flexibility index (Phi) is 2.76. The maximum absolute atomic E-state index is 10.0. The number of aromatic hydroxyl groups is 1. The zero-order valence-corrected chi connectivity index (χ0v) is 10.3. The normalized spacial score (nSPS) is 17.2. The van der Waals surface area contributed by atoms with E-state index in [9.17, 15) is 5.11 Å². The molecule has 0 saturated heterocycles. The van der Waals surface area contributed by atoms with E-state index in [1.807, 2.05) is 13.0 Å². The van der Waals surface area contributed by atoms with Crippen molar-refractivity contribution < 1.29 is 9.84 Å². The van der Waals surface area contributed by atoms with Crippen molar-refractivity contribution in [2.24, 2.45) is 5.73 Å². The topological polar surface area (TPSA) is 55.5 Å². The first-order chi connectivity index (χ1) is 7.53. The standard InChI is InChI=1S/C12H16ClNO2/c1-3-7-6-8(12(14)4-5-12)10(15)9(13)11(7)16-2/h6,15H,3-5,14H2,1-2H3. The highest BCUT2D eigenvalue weighted by Crippen LogP contribution is 2.51.